The number of fused-ring (bicyclic) bond motifs is 1. The average molecular weight is 367 g/mol. The summed E-state index contributed by atoms with van der Waals surface area (Å²) in [5.41, 5.74) is 3.19. The van der Waals surface area contributed by atoms with Gasteiger partial charge in [-0.15, -0.1) is 0 Å². The summed E-state index contributed by atoms with van der Waals surface area (Å²) >= 11 is 0. The van der Waals surface area contributed by atoms with E-state index in [1.54, 1.807) is 24.3 Å². The van der Waals surface area contributed by atoms with Gasteiger partial charge in [-0.2, -0.15) is 5.10 Å². The molecule has 0 unspecified atom stereocenters. The number of hydrazone groups is 1. The zero-order chi connectivity index (χ0) is 19.4. The Bertz CT molecular complexity index is 1070. The van der Waals surface area contributed by atoms with Gasteiger partial charge in [0, 0.05) is 11.6 Å². The molecule has 0 radical (unpaired) electrons. The van der Waals surface area contributed by atoms with Crippen LogP contribution in [0.15, 0.2) is 47.7 Å². The summed E-state index contributed by atoms with van der Waals surface area (Å²) in [6.07, 6.45) is 2.37. The number of nitro benzene ring substituents is 1. The number of hydrogen-bond donors (Lipinski definition) is 2. The minimum atomic E-state index is -0.636. The summed E-state index contributed by atoms with van der Waals surface area (Å²) < 4.78 is 4.89. The number of rotatable bonds is 5. The summed E-state index contributed by atoms with van der Waals surface area (Å²) in [5, 5.41) is 24.7. The Morgan fingerprint density at radius 2 is 2.07 bits per heavy atom. The van der Waals surface area contributed by atoms with Gasteiger partial charge in [0.2, 0.25) is 0 Å². The first-order valence-corrected chi connectivity index (χ1v) is 7.60. The number of aromatic nitrogens is 2. The van der Waals surface area contributed by atoms with E-state index >= 15 is 0 Å². The third kappa shape index (κ3) is 3.79. The molecule has 3 rings (SSSR count). The van der Waals surface area contributed by atoms with E-state index in [0.29, 0.717) is 11.0 Å². The minimum Gasteiger partial charge on any atom is -0.504 e. The number of methoxy groups -OCH3 is 1. The molecular weight excluding hydrogens is 354 g/mol. The zero-order valence-corrected chi connectivity index (χ0v) is 14.0. The number of carbonyl (C=O) groups excluding carboxylic acids is 1. The Morgan fingerprint density at radius 1 is 1.33 bits per heavy atom. The number of non-ortho nitro benzene ring substituents is 1. The Balaban J connectivity index is 1.81. The highest BCUT2D eigenvalue weighted by atomic mass is 16.6. The number of ether oxygens (including phenoxy) is 1. The van der Waals surface area contributed by atoms with Crippen LogP contribution in [0.25, 0.3) is 11.0 Å². The van der Waals surface area contributed by atoms with E-state index in [9.17, 15) is 20.0 Å². The number of para-hydroxylation sites is 2. The Hall–Kier alpha value is -4.08. The van der Waals surface area contributed by atoms with Gasteiger partial charge in [0.1, 0.15) is 5.69 Å². The second kappa shape index (κ2) is 7.44. The van der Waals surface area contributed by atoms with Crippen molar-refractivity contribution in [3.63, 3.8) is 0 Å². The van der Waals surface area contributed by atoms with Gasteiger partial charge in [0.05, 0.1) is 41.5 Å². The van der Waals surface area contributed by atoms with Crippen LogP contribution in [-0.2, 0) is 0 Å². The van der Waals surface area contributed by atoms with Crippen molar-refractivity contribution in [1.82, 2.24) is 15.4 Å². The van der Waals surface area contributed by atoms with Crippen molar-refractivity contribution in [2.45, 2.75) is 0 Å². The van der Waals surface area contributed by atoms with Crippen molar-refractivity contribution in [1.29, 1.82) is 0 Å². The lowest BCUT2D eigenvalue weighted by atomic mass is 10.2. The minimum absolute atomic E-state index is 0.00551. The zero-order valence-electron chi connectivity index (χ0n) is 14.0. The molecule has 0 aliphatic heterocycles. The SMILES string of the molecule is COc1cc([N+](=O)[O-])cc(C=NNC(=O)c2cnc3ccccc3n2)c1O. The van der Waals surface area contributed by atoms with Crippen LogP contribution in [0.3, 0.4) is 0 Å². The number of hydrogen-bond acceptors (Lipinski definition) is 8. The maximum Gasteiger partial charge on any atom is 0.291 e. The molecule has 0 bridgehead atoms. The van der Waals surface area contributed by atoms with Gasteiger partial charge in [-0.3, -0.25) is 19.9 Å². The lowest BCUT2D eigenvalue weighted by Gasteiger charge is -2.06. The van der Waals surface area contributed by atoms with Gasteiger partial charge in [0.15, 0.2) is 11.5 Å². The maximum atomic E-state index is 12.1. The standard InChI is InChI=1S/C17H13N5O5/c1-27-15-7-11(22(25)26)6-10(16(15)23)8-19-21-17(24)14-9-18-12-4-2-3-5-13(12)20-14/h2-9,23H,1H3,(H,21,24). The monoisotopic (exact) mass is 367 g/mol. The van der Waals surface area contributed by atoms with Crippen LogP contribution in [0.5, 0.6) is 11.5 Å². The van der Waals surface area contributed by atoms with Crippen LogP contribution in [0.2, 0.25) is 0 Å². The number of benzene rings is 2. The number of amides is 1. The Labute approximate surface area is 152 Å². The van der Waals surface area contributed by atoms with E-state index in [2.05, 4.69) is 20.5 Å². The van der Waals surface area contributed by atoms with E-state index in [0.717, 1.165) is 18.3 Å². The predicted octanol–water partition coefficient (Wildman–Crippen LogP) is 2.02. The second-order valence-corrected chi connectivity index (χ2v) is 5.29. The number of nitrogens with zero attached hydrogens (tertiary/aromatic N) is 4. The van der Waals surface area contributed by atoms with Crippen molar-refractivity contribution >= 4 is 28.8 Å². The molecule has 0 saturated heterocycles. The van der Waals surface area contributed by atoms with Gasteiger partial charge in [-0.1, -0.05) is 12.1 Å². The summed E-state index contributed by atoms with van der Waals surface area (Å²) in [6.45, 7) is 0. The van der Waals surface area contributed by atoms with Gasteiger partial charge < -0.3 is 9.84 Å². The molecule has 0 aliphatic rings. The third-order valence-electron chi connectivity index (χ3n) is 3.57. The molecule has 10 nitrogen and oxygen atoms in total. The van der Waals surface area contributed by atoms with Crippen LogP contribution in [0, 0.1) is 10.1 Å². The molecule has 3 aromatic rings. The first-order chi connectivity index (χ1) is 13.0. The molecule has 2 N–H and O–H groups in total. The normalized spacial score (nSPS) is 10.9. The van der Waals surface area contributed by atoms with Gasteiger partial charge >= 0.3 is 0 Å². The number of aromatic hydroxyl groups is 1. The highest BCUT2D eigenvalue weighted by Crippen LogP contribution is 2.33. The highest BCUT2D eigenvalue weighted by molar-refractivity contribution is 5.95. The van der Waals surface area contributed by atoms with E-state index in [-0.39, 0.29) is 28.4 Å². The fraction of sp³-hybridized carbons (Fsp3) is 0.0588. The topological polar surface area (TPSA) is 140 Å². The lowest BCUT2D eigenvalue weighted by Crippen LogP contribution is -2.19. The van der Waals surface area contributed by atoms with E-state index in [1.807, 2.05) is 0 Å². The largest absolute Gasteiger partial charge is 0.504 e. The molecule has 0 spiro atoms. The van der Waals surface area contributed by atoms with E-state index < -0.39 is 10.8 Å². The molecule has 1 amide bonds. The van der Waals surface area contributed by atoms with Crippen LogP contribution in [-0.4, -0.2) is 39.2 Å². The van der Waals surface area contributed by atoms with Crippen LogP contribution >= 0.6 is 0 Å². The molecular formula is C17H13N5O5. The van der Waals surface area contributed by atoms with Gasteiger partial charge in [0.25, 0.3) is 11.6 Å². The number of nitro groups is 1. The maximum absolute atomic E-state index is 12.1. The summed E-state index contributed by atoms with van der Waals surface area (Å²) in [4.78, 5) is 30.8. The third-order valence-corrected chi connectivity index (χ3v) is 3.57. The van der Waals surface area contributed by atoms with Crippen LogP contribution in [0.1, 0.15) is 16.1 Å². The molecule has 10 heteroatoms. The molecule has 2 aromatic carbocycles. The highest BCUT2D eigenvalue weighted by Gasteiger charge is 2.16. The lowest BCUT2D eigenvalue weighted by molar-refractivity contribution is -0.385. The second-order valence-electron chi connectivity index (χ2n) is 5.29. The van der Waals surface area contributed by atoms with Gasteiger partial charge in [-0.25, -0.2) is 10.4 Å². The summed E-state index contributed by atoms with van der Waals surface area (Å²) in [6, 6.07) is 9.24. The van der Waals surface area contributed by atoms with Crippen molar-refractivity contribution < 1.29 is 19.6 Å². The number of carbonyl (C=O) groups is 1. The van der Waals surface area contributed by atoms with Crippen molar-refractivity contribution in [2.24, 2.45) is 5.10 Å². The fourth-order valence-corrected chi connectivity index (χ4v) is 2.26. The Kier molecular flexibility index (Phi) is 4.88. The molecule has 0 fully saturated rings. The van der Waals surface area contributed by atoms with Crippen LogP contribution in [0.4, 0.5) is 5.69 Å². The van der Waals surface area contributed by atoms with Crippen molar-refractivity contribution in [3.05, 3.63) is 64.0 Å². The molecule has 0 atom stereocenters. The molecule has 136 valence electrons. The van der Waals surface area contributed by atoms with E-state index in [1.165, 1.54) is 13.3 Å². The number of phenols is 1. The quantitative estimate of drug-likeness (QED) is 0.399. The molecule has 1 aromatic heterocycles. The van der Waals surface area contributed by atoms with Crippen molar-refractivity contribution in [3.8, 4) is 11.5 Å². The molecule has 0 saturated carbocycles. The Morgan fingerprint density at radius 3 is 2.78 bits per heavy atom. The van der Waals surface area contributed by atoms with Crippen LogP contribution < -0.4 is 10.2 Å². The fourth-order valence-electron chi connectivity index (χ4n) is 2.26. The van der Waals surface area contributed by atoms with Crippen molar-refractivity contribution in [2.75, 3.05) is 7.11 Å². The number of nitrogens with one attached hydrogen (secondary N) is 1. The molecule has 0 aliphatic carbocycles. The first kappa shape index (κ1) is 17.7. The smallest absolute Gasteiger partial charge is 0.291 e. The molecule has 27 heavy (non-hydrogen) atoms. The number of phenolic OH excluding ortho intramolecular Hbond substituents is 1. The summed E-state index contributed by atoms with van der Waals surface area (Å²) in [7, 11) is 1.26. The predicted molar refractivity (Wildman–Crippen MR) is 95.9 cm³/mol. The average Bonchev–Trinajstić information content (AvgIpc) is 2.68. The molecule has 1 heterocycles. The van der Waals surface area contributed by atoms with E-state index in [4.69, 9.17) is 4.74 Å². The van der Waals surface area contributed by atoms with Gasteiger partial charge in [-0.05, 0) is 12.1 Å². The summed E-state index contributed by atoms with van der Waals surface area (Å²) in [5.74, 6) is -1.05. The first-order valence-electron chi connectivity index (χ1n) is 7.60.